The van der Waals surface area contributed by atoms with Crippen molar-refractivity contribution < 1.29 is 0 Å². The van der Waals surface area contributed by atoms with Crippen LogP contribution in [0.5, 0.6) is 0 Å². The summed E-state index contributed by atoms with van der Waals surface area (Å²) in [5.41, 5.74) is 2.69. The summed E-state index contributed by atoms with van der Waals surface area (Å²) in [7, 11) is 0. The van der Waals surface area contributed by atoms with Gasteiger partial charge in [-0.2, -0.15) is 0 Å². The molecule has 0 radical (unpaired) electrons. The minimum atomic E-state index is 0.585. The Bertz CT molecular complexity index is 709. The zero-order valence-corrected chi connectivity index (χ0v) is 15.8. The van der Waals surface area contributed by atoms with Crippen LogP contribution in [-0.4, -0.2) is 35.6 Å². The maximum atomic E-state index is 4.82. The van der Waals surface area contributed by atoms with Crippen molar-refractivity contribution in [2.24, 2.45) is 0 Å². The lowest BCUT2D eigenvalue weighted by molar-refractivity contribution is 0.452. The quantitative estimate of drug-likeness (QED) is 0.889. The number of piperidine rings is 1. The van der Waals surface area contributed by atoms with E-state index in [1.54, 1.807) is 0 Å². The third-order valence-electron chi connectivity index (χ3n) is 5.88. The van der Waals surface area contributed by atoms with Crippen molar-refractivity contribution in [1.82, 2.24) is 15.3 Å². The lowest BCUT2D eigenvalue weighted by Crippen LogP contribution is -2.31. The van der Waals surface area contributed by atoms with Gasteiger partial charge in [0.25, 0.3) is 0 Å². The molecule has 26 heavy (non-hydrogen) atoms. The predicted molar refractivity (Wildman–Crippen MR) is 107 cm³/mol. The van der Waals surface area contributed by atoms with Crippen LogP contribution in [0, 0.1) is 6.92 Å². The van der Waals surface area contributed by atoms with Crippen LogP contribution < -0.4 is 10.2 Å². The molecule has 0 spiro atoms. The molecule has 2 aliphatic rings. The summed E-state index contributed by atoms with van der Waals surface area (Å²) in [5, 5.41) is 3.45. The molecule has 0 bridgehead atoms. The van der Waals surface area contributed by atoms with Gasteiger partial charge in [-0.3, -0.25) is 0 Å². The number of aryl methyl sites for hydroxylation is 2. The average molecular weight is 351 g/mol. The van der Waals surface area contributed by atoms with E-state index in [0.29, 0.717) is 12.0 Å². The van der Waals surface area contributed by atoms with Gasteiger partial charge in [0.1, 0.15) is 11.6 Å². The SMILES string of the molecule is Cc1nc(C2CCNCC2)cc(N2CCC[C@@H]2CCc2ccccc2)n1. The Morgan fingerprint density at radius 2 is 1.88 bits per heavy atom. The highest BCUT2D eigenvalue weighted by atomic mass is 15.2. The second kappa shape index (κ2) is 8.17. The monoisotopic (exact) mass is 350 g/mol. The number of benzene rings is 1. The second-order valence-corrected chi connectivity index (χ2v) is 7.74. The van der Waals surface area contributed by atoms with E-state index in [-0.39, 0.29) is 0 Å². The fourth-order valence-electron chi connectivity index (χ4n) is 4.46. The van der Waals surface area contributed by atoms with Crippen molar-refractivity contribution in [2.75, 3.05) is 24.5 Å². The Hall–Kier alpha value is -1.94. The van der Waals surface area contributed by atoms with Gasteiger partial charge in [0, 0.05) is 30.3 Å². The molecule has 2 aromatic rings. The molecule has 0 amide bonds. The molecule has 2 aliphatic heterocycles. The van der Waals surface area contributed by atoms with Crippen LogP contribution >= 0.6 is 0 Å². The van der Waals surface area contributed by atoms with Crippen molar-refractivity contribution >= 4 is 5.82 Å². The molecule has 1 aromatic heterocycles. The largest absolute Gasteiger partial charge is 0.354 e. The third kappa shape index (κ3) is 4.07. The Labute approximate surface area is 157 Å². The molecule has 0 saturated carbocycles. The van der Waals surface area contributed by atoms with E-state index in [1.165, 1.54) is 43.4 Å². The number of aromatic nitrogens is 2. The summed E-state index contributed by atoms with van der Waals surface area (Å²) in [6.07, 6.45) is 7.27. The fourth-order valence-corrected chi connectivity index (χ4v) is 4.46. The molecule has 4 nitrogen and oxygen atoms in total. The van der Waals surface area contributed by atoms with Crippen LogP contribution in [0.3, 0.4) is 0 Å². The van der Waals surface area contributed by atoms with Crippen molar-refractivity contribution in [3.8, 4) is 0 Å². The number of nitrogens with zero attached hydrogens (tertiary/aromatic N) is 3. The molecule has 2 saturated heterocycles. The van der Waals surface area contributed by atoms with Gasteiger partial charge in [0.15, 0.2) is 0 Å². The lowest BCUT2D eigenvalue weighted by atomic mass is 9.94. The first kappa shape index (κ1) is 17.5. The molecular weight excluding hydrogens is 320 g/mol. The smallest absolute Gasteiger partial charge is 0.132 e. The maximum Gasteiger partial charge on any atom is 0.132 e. The fraction of sp³-hybridized carbons (Fsp3) is 0.545. The van der Waals surface area contributed by atoms with E-state index in [9.17, 15) is 0 Å². The molecule has 0 aliphatic carbocycles. The maximum absolute atomic E-state index is 4.82. The average Bonchev–Trinajstić information content (AvgIpc) is 3.16. The van der Waals surface area contributed by atoms with E-state index in [4.69, 9.17) is 9.97 Å². The molecule has 3 heterocycles. The van der Waals surface area contributed by atoms with Crippen LogP contribution in [0.1, 0.15) is 55.1 Å². The highest BCUT2D eigenvalue weighted by molar-refractivity contribution is 5.43. The van der Waals surface area contributed by atoms with E-state index in [0.717, 1.165) is 37.7 Å². The lowest BCUT2D eigenvalue weighted by Gasteiger charge is -2.28. The van der Waals surface area contributed by atoms with E-state index >= 15 is 0 Å². The topological polar surface area (TPSA) is 41.1 Å². The minimum Gasteiger partial charge on any atom is -0.354 e. The first-order chi connectivity index (χ1) is 12.8. The highest BCUT2D eigenvalue weighted by Crippen LogP contribution is 2.30. The van der Waals surface area contributed by atoms with Crippen molar-refractivity contribution in [3.05, 3.63) is 53.5 Å². The zero-order chi connectivity index (χ0) is 17.8. The molecule has 2 fully saturated rings. The summed E-state index contributed by atoms with van der Waals surface area (Å²) in [4.78, 5) is 12.1. The normalized spacial score (nSPS) is 21.3. The van der Waals surface area contributed by atoms with Crippen LogP contribution in [-0.2, 0) is 6.42 Å². The van der Waals surface area contributed by atoms with Gasteiger partial charge in [0.2, 0.25) is 0 Å². The summed E-state index contributed by atoms with van der Waals surface area (Å²) < 4.78 is 0. The number of rotatable bonds is 5. The second-order valence-electron chi connectivity index (χ2n) is 7.74. The molecule has 1 aromatic carbocycles. The van der Waals surface area contributed by atoms with Crippen molar-refractivity contribution in [2.45, 2.75) is 57.4 Å². The van der Waals surface area contributed by atoms with Gasteiger partial charge in [0.05, 0.1) is 0 Å². The standard InChI is InChI=1S/C22H30N4/c1-17-24-21(19-11-13-23-14-12-19)16-22(25-17)26-15-5-8-20(26)10-9-18-6-3-2-4-7-18/h2-4,6-7,16,19-20,23H,5,8-15H2,1H3/t20-/m1/s1. The third-order valence-corrected chi connectivity index (χ3v) is 5.88. The molecule has 4 rings (SSSR count). The Morgan fingerprint density at radius 3 is 2.69 bits per heavy atom. The highest BCUT2D eigenvalue weighted by Gasteiger charge is 2.27. The number of hydrogen-bond donors (Lipinski definition) is 1. The van der Waals surface area contributed by atoms with E-state index in [1.807, 2.05) is 6.92 Å². The summed E-state index contributed by atoms with van der Waals surface area (Å²) in [6.45, 7) is 5.38. The van der Waals surface area contributed by atoms with Crippen LogP contribution in [0.2, 0.25) is 0 Å². The molecule has 1 N–H and O–H groups in total. The van der Waals surface area contributed by atoms with Gasteiger partial charge in [-0.25, -0.2) is 9.97 Å². The Kier molecular flexibility index (Phi) is 5.49. The summed E-state index contributed by atoms with van der Waals surface area (Å²) >= 11 is 0. The first-order valence-corrected chi connectivity index (χ1v) is 10.2. The van der Waals surface area contributed by atoms with E-state index < -0.39 is 0 Å². The predicted octanol–water partition coefficient (Wildman–Crippen LogP) is 3.85. The van der Waals surface area contributed by atoms with Gasteiger partial charge in [-0.15, -0.1) is 0 Å². The van der Waals surface area contributed by atoms with Gasteiger partial charge < -0.3 is 10.2 Å². The van der Waals surface area contributed by atoms with Crippen LogP contribution in [0.4, 0.5) is 5.82 Å². The molecule has 1 atom stereocenters. The van der Waals surface area contributed by atoms with Crippen LogP contribution in [0.15, 0.2) is 36.4 Å². The Balaban J connectivity index is 1.49. The van der Waals surface area contributed by atoms with Gasteiger partial charge in [-0.1, -0.05) is 30.3 Å². The molecule has 138 valence electrons. The van der Waals surface area contributed by atoms with Crippen LogP contribution in [0.25, 0.3) is 0 Å². The number of anilines is 1. The van der Waals surface area contributed by atoms with Crippen molar-refractivity contribution in [1.29, 1.82) is 0 Å². The van der Waals surface area contributed by atoms with Gasteiger partial charge >= 0.3 is 0 Å². The number of nitrogens with one attached hydrogen (secondary N) is 1. The summed E-state index contributed by atoms with van der Waals surface area (Å²) in [6, 6.07) is 13.7. The molecule has 4 heteroatoms. The summed E-state index contributed by atoms with van der Waals surface area (Å²) in [5.74, 6) is 2.66. The first-order valence-electron chi connectivity index (χ1n) is 10.2. The van der Waals surface area contributed by atoms with E-state index in [2.05, 4.69) is 46.6 Å². The van der Waals surface area contributed by atoms with Gasteiger partial charge in [-0.05, 0) is 64.1 Å². The Morgan fingerprint density at radius 1 is 1.08 bits per heavy atom. The molecule has 0 unspecified atom stereocenters. The van der Waals surface area contributed by atoms with Crippen molar-refractivity contribution in [3.63, 3.8) is 0 Å². The zero-order valence-electron chi connectivity index (χ0n) is 15.8. The molecular formula is C22H30N4. The minimum absolute atomic E-state index is 0.585. The number of hydrogen-bond acceptors (Lipinski definition) is 4.